The highest BCUT2D eigenvalue weighted by atomic mass is 16.7. The van der Waals surface area contributed by atoms with Crippen LogP contribution in [0, 0.1) is 45.8 Å². The first-order valence-corrected chi connectivity index (χ1v) is 16.4. The maximum Gasteiger partial charge on any atom is 0.315 e. The molecule has 10 atom stereocenters. The molecule has 4 bridgehead atoms. The number of carboxylic acid groups (broad SMARTS) is 1. The smallest absolute Gasteiger partial charge is 0.315 e. The van der Waals surface area contributed by atoms with Crippen LogP contribution in [0.3, 0.4) is 0 Å². The van der Waals surface area contributed by atoms with E-state index in [2.05, 4.69) is 37.8 Å². The van der Waals surface area contributed by atoms with Gasteiger partial charge in [0.2, 0.25) is 0 Å². The number of aliphatic hydroxyl groups is 1. The van der Waals surface area contributed by atoms with Crippen molar-refractivity contribution in [2.75, 3.05) is 26.2 Å². The zero-order chi connectivity index (χ0) is 29.2. The minimum absolute atomic E-state index is 0.0260. The molecule has 0 aromatic heterocycles. The minimum Gasteiger partial charge on any atom is -0.481 e. The number of aldehydes is 1. The molecule has 0 aromatic rings. The van der Waals surface area contributed by atoms with E-state index in [4.69, 9.17) is 9.47 Å². The van der Waals surface area contributed by atoms with Gasteiger partial charge in [0.25, 0.3) is 0 Å². The second-order valence-electron chi connectivity index (χ2n) is 14.8. The van der Waals surface area contributed by atoms with E-state index >= 15 is 0 Å². The van der Waals surface area contributed by atoms with Gasteiger partial charge in [-0.3, -0.25) is 9.69 Å². The Morgan fingerprint density at radius 1 is 1.22 bits per heavy atom. The van der Waals surface area contributed by atoms with Gasteiger partial charge in [-0.15, -0.1) is 0 Å². The second kappa shape index (κ2) is 10.9. The van der Waals surface area contributed by atoms with Crippen LogP contribution in [-0.2, 0) is 19.1 Å². The summed E-state index contributed by atoms with van der Waals surface area (Å²) in [4.78, 5) is 29.2. The van der Waals surface area contributed by atoms with E-state index in [1.165, 1.54) is 31.3 Å². The molecule has 3 unspecified atom stereocenters. The molecule has 41 heavy (non-hydrogen) atoms. The van der Waals surface area contributed by atoms with Gasteiger partial charge in [-0.05, 0) is 87.9 Å². The van der Waals surface area contributed by atoms with Gasteiger partial charge in [0.1, 0.15) is 17.8 Å². The molecule has 7 nitrogen and oxygen atoms in total. The minimum atomic E-state index is -1.27. The third-order valence-electron chi connectivity index (χ3n) is 12.4. The van der Waals surface area contributed by atoms with Crippen LogP contribution in [0.25, 0.3) is 0 Å². The number of rotatable bonds is 9. The molecule has 1 aliphatic heterocycles. The van der Waals surface area contributed by atoms with Crippen LogP contribution in [0.5, 0.6) is 0 Å². The fraction of sp³-hybridized carbons (Fsp3) is 0.824. The quantitative estimate of drug-likeness (QED) is 0.290. The largest absolute Gasteiger partial charge is 0.481 e. The predicted molar refractivity (Wildman–Crippen MR) is 156 cm³/mol. The van der Waals surface area contributed by atoms with E-state index in [9.17, 15) is 19.8 Å². The van der Waals surface area contributed by atoms with Gasteiger partial charge in [-0.1, -0.05) is 50.5 Å². The van der Waals surface area contributed by atoms with Gasteiger partial charge >= 0.3 is 5.97 Å². The lowest BCUT2D eigenvalue weighted by Crippen LogP contribution is -2.63. The Kier molecular flexibility index (Phi) is 7.83. The normalized spacial score (nSPS) is 45.8. The third kappa shape index (κ3) is 4.27. The molecule has 2 N–H and O–H groups in total. The summed E-state index contributed by atoms with van der Waals surface area (Å²) in [6.45, 7) is 10.7. The summed E-state index contributed by atoms with van der Waals surface area (Å²) >= 11 is 0. The van der Waals surface area contributed by atoms with Crippen molar-refractivity contribution < 1.29 is 29.3 Å². The van der Waals surface area contributed by atoms with Gasteiger partial charge in [0, 0.05) is 25.0 Å². The highest BCUT2D eigenvalue weighted by Crippen LogP contribution is 2.82. The van der Waals surface area contributed by atoms with E-state index in [0.29, 0.717) is 24.8 Å². The average molecular weight is 570 g/mol. The van der Waals surface area contributed by atoms with Gasteiger partial charge in [-0.25, -0.2) is 0 Å². The fourth-order valence-electron chi connectivity index (χ4n) is 10.8. The Hall–Kier alpha value is -1.54. The maximum absolute atomic E-state index is 13.7. The molecule has 0 spiro atoms. The van der Waals surface area contributed by atoms with Crippen molar-refractivity contribution in [1.29, 1.82) is 0 Å². The van der Waals surface area contributed by atoms with Crippen molar-refractivity contribution in [3.63, 3.8) is 0 Å². The van der Waals surface area contributed by atoms with Gasteiger partial charge in [0.05, 0.1) is 18.1 Å². The standard InChI is InChI=1S/C34H51NO6/c1-21(2)28-14-25-15-32(19-36)27-11-10-22(3)26(27)16-33(25,34(28,32)31(38)39)20-40-30-29(37)18-35(17-23(4)41-30)13-12-24-8-6-5-7-9-24/h8,14,19,21-23,25-27,29-30,37H,5-7,9-13,15-18,20H2,1-4H3,(H,38,39)/t22-,23-,25?,26-,27-,29+,30-,32?,33?,34+/m1/s1. The summed E-state index contributed by atoms with van der Waals surface area (Å²) in [6, 6.07) is 0. The highest BCUT2D eigenvalue weighted by Gasteiger charge is 2.84. The summed E-state index contributed by atoms with van der Waals surface area (Å²) < 4.78 is 12.9. The number of fused-ring (bicyclic) bond motifs is 2. The lowest BCUT2D eigenvalue weighted by molar-refractivity contribution is -0.235. The molecule has 0 aromatic carbocycles. The number of aliphatic hydroxyl groups excluding tert-OH is 1. The summed E-state index contributed by atoms with van der Waals surface area (Å²) in [5.41, 5.74) is -0.461. The topological polar surface area (TPSA) is 96.3 Å². The van der Waals surface area contributed by atoms with E-state index in [1.54, 1.807) is 0 Å². The molecule has 0 radical (unpaired) electrons. The maximum atomic E-state index is 13.7. The van der Waals surface area contributed by atoms with Crippen molar-refractivity contribution >= 4 is 12.3 Å². The van der Waals surface area contributed by atoms with E-state index < -0.39 is 34.6 Å². The molecular formula is C34H51NO6. The molecule has 1 saturated heterocycles. The van der Waals surface area contributed by atoms with Crippen LogP contribution in [0.2, 0.25) is 0 Å². The van der Waals surface area contributed by atoms with Crippen LogP contribution in [0.15, 0.2) is 23.3 Å². The highest BCUT2D eigenvalue weighted by molar-refractivity contribution is 5.90. The van der Waals surface area contributed by atoms with Crippen molar-refractivity contribution in [3.05, 3.63) is 23.3 Å². The molecular weight excluding hydrogens is 518 g/mol. The summed E-state index contributed by atoms with van der Waals surface area (Å²) in [5, 5.41) is 22.5. The van der Waals surface area contributed by atoms with Gasteiger partial charge in [-0.2, -0.15) is 0 Å². The Morgan fingerprint density at radius 3 is 2.71 bits per heavy atom. The molecule has 1 heterocycles. The van der Waals surface area contributed by atoms with E-state index in [1.807, 2.05) is 6.92 Å². The van der Waals surface area contributed by atoms with Crippen LogP contribution in [0.4, 0.5) is 0 Å². The van der Waals surface area contributed by atoms with Crippen LogP contribution in [-0.4, -0.2) is 72.1 Å². The summed E-state index contributed by atoms with van der Waals surface area (Å²) in [5.74, 6) is -0.0101. The number of carbonyl (C=O) groups is 2. The fourth-order valence-corrected chi connectivity index (χ4v) is 10.8. The lowest BCUT2D eigenvalue weighted by atomic mass is 9.43. The number of hydrogen-bond donors (Lipinski definition) is 2. The Morgan fingerprint density at radius 2 is 2.02 bits per heavy atom. The Labute approximate surface area is 245 Å². The zero-order valence-electron chi connectivity index (χ0n) is 25.5. The Balaban J connectivity index is 1.26. The molecule has 0 amide bonds. The van der Waals surface area contributed by atoms with Crippen molar-refractivity contribution in [2.24, 2.45) is 45.8 Å². The van der Waals surface area contributed by atoms with Gasteiger partial charge < -0.3 is 24.5 Å². The summed E-state index contributed by atoms with van der Waals surface area (Å²) in [6.07, 6.45) is 13.1. The monoisotopic (exact) mass is 569 g/mol. The number of carboxylic acids is 1. The predicted octanol–water partition coefficient (Wildman–Crippen LogP) is 5.23. The average Bonchev–Trinajstić information content (AvgIpc) is 3.47. The molecule has 4 fully saturated rings. The first-order chi connectivity index (χ1) is 19.6. The van der Waals surface area contributed by atoms with Crippen LogP contribution >= 0.6 is 0 Å². The first kappa shape index (κ1) is 29.5. The molecule has 6 rings (SSSR count). The zero-order valence-corrected chi connectivity index (χ0v) is 25.5. The molecule has 6 aliphatic rings. The Bertz CT molecular complexity index is 1100. The lowest BCUT2D eigenvalue weighted by Gasteiger charge is -2.58. The van der Waals surface area contributed by atoms with Crippen LogP contribution < -0.4 is 0 Å². The van der Waals surface area contributed by atoms with E-state index in [0.717, 1.165) is 50.6 Å². The first-order valence-electron chi connectivity index (χ1n) is 16.4. The number of allylic oxidation sites excluding steroid dienone is 2. The number of β-amino-alcohol motifs (C(OH)–C–C–N with tert-alkyl or cyclic N) is 1. The molecule has 3 saturated carbocycles. The molecule has 7 heteroatoms. The third-order valence-corrected chi connectivity index (χ3v) is 12.4. The number of ether oxygens (including phenoxy) is 2. The molecule has 5 aliphatic carbocycles. The number of nitrogens with zero attached hydrogens (tertiary/aromatic N) is 1. The van der Waals surface area contributed by atoms with Crippen molar-refractivity contribution in [1.82, 2.24) is 4.90 Å². The summed E-state index contributed by atoms with van der Waals surface area (Å²) in [7, 11) is 0. The SMILES string of the molecule is CC(C)C1=CC2CC3(C=O)[C@@H]4CC[C@@H](C)[C@H]4CC2(CO[C@@H]2O[C@H](C)CN(CCC4=CCCCC4)C[C@@H]2O)[C@]13C(=O)O. The number of aliphatic carboxylic acids is 1. The molecule has 228 valence electrons. The van der Waals surface area contributed by atoms with Crippen molar-refractivity contribution in [3.8, 4) is 0 Å². The van der Waals surface area contributed by atoms with Crippen molar-refractivity contribution in [2.45, 2.75) is 104 Å². The van der Waals surface area contributed by atoms with Gasteiger partial charge in [0.15, 0.2) is 6.29 Å². The second-order valence-corrected chi connectivity index (χ2v) is 14.8. The van der Waals surface area contributed by atoms with E-state index in [-0.39, 0.29) is 30.5 Å². The van der Waals surface area contributed by atoms with Crippen LogP contribution in [0.1, 0.15) is 85.5 Å². The number of hydrogen-bond acceptors (Lipinski definition) is 6. The number of carbonyl (C=O) groups excluding carboxylic acids is 1.